The van der Waals surface area contributed by atoms with Crippen LogP contribution >= 0.6 is 12.4 Å². The van der Waals surface area contributed by atoms with Crippen molar-refractivity contribution in [2.75, 3.05) is 19.8 Å². The quantitative estimate of drug-likeness (QED) is 0.574. The second kappa shape index (κ2) is 3.07. The van der Waals surface area contributed by atoms with Gasteiger partial charge in [-0.15, -0.1) is 12.4 Å². The summed E-state index contributed by atoms with van der Waals surface area (Å²) in [6.07, 6.45) is 3.89. The summed E-state index contributed by atoms with van der Waals surface area (Å²) in [7, 11) is 0. The Morgan fingerprint density at radius 3 is 2.70 bits per heavy atom. The summed E-state index contributed by atoms with van der Waals surface area (Å²) in [6.45, 7) is 3.11. The monoisotopic (exact) mass is 163 g/mol. The second-order valence-corrected chi connectivity index (χ2v) is 3.11. The molecule has 1 atom stereocenters. The highest BCUT2D eigenvalue weighted by Gasteiger charge is 2.36. The Labute approximate surface area is 67.7 Å². The van der Waals surface area contributed by atoms with E-state index in [1.54, 1.807) is 0 Å². The summed E-state index contributed by atoms with van der Waals surface area (Å²) in [5, 5.41) is 3.51. The Bertz CT molecular complexity index is 88.7. The van der Waals surface area contributed by atoms with Gasteiger partial charge in [0.1, 0.15) is 0 Å². The maximum absolute atomic E-state index is 5.32. The van der Waals surface area contributed by atoms with Crippen LogP contribution in [0.3, 0.4) is 0 Å². The third-order valence-corrected chi connectivity index (χ3v) is 2.44. The van der Waals surface area contributed by atoms with Gasteiger partial charge in [0.15, 0.2) is 0 Å². The van der Waals surface area contributed by atoms with E-state index in [4.69, 9.17) is 4.74 Å². The third-order valence-electron chi connectivity index (χ3n) is 2.44. The molecule has 2 aliphatic heterocycles. The fourth-order valence-electron chi connectivity index (χ4n) is 1.81. The van der Waals surface area contributed by atoms with E-state index in [1.165, 1.54) is 25.8 Å². The van der Waals surface area contributed by atoms with E-state index in [2.05, 4.69) is 5.32 Å². The van der Waals surface area contributed by atoms with Crippen LogP contribution in [-0.4, -0.2) is 25.3 Å². The summed E-state index contributed by atoms with van der Waals surface area (Å²) in [6, 6.07) is 0. The molecule has 0 amide bonds. The van der Waals surface area contributed by atoms with Crippen molar-refractivity contribution in [2.45, 2.75) is 24.8 Å². The van der Waals surface area contributed by atoms with Crippen molar-refractivity contribution in [1.82, 2.24) is 5.32 Å². The summed E-state index contributed by atoms with van der Waals surface area (Å²) >= 11 is 0. The minimum Gasteiger partial charge on any atom is -0.379 e. The van der Waals surface area contributed by atoms with E-state index >= 15 is 0 Å². The summed E-state index contributed by atoms with van der Waals surface area (Å²) in [5.74, 6) is 0. The van der Waals surface area contributed by atoms with E-state index in [0.717, 1.165) is 13.2 Å². The van der Waals surface area contributed by atoms with Crippen LogP contribution in [0.4, 0.5) is 0 Å². The first-order valence-electron chi connectivity index (χ1n) is 3.74. The van der Waals surface area contributed by atoms with Crippen molar-refractivity contribution in [3.8, 4) is 0 Å². The average molecular weight is 164 g/mol. The number of nitrogens with one attached hydrogen (secondary N) is 1. The molecule has 2 fully saturated rings. The maximum atomic E-state index is 5.32. The van der Waals surface area contributed by atoms with Crippen molar-refractivity contribution in [1.29, 1.82) is 0 Å². The molecular formula is C7H14ClNO. The summed E-state index contributed by atoms with van der Waals surface area (Å²) < 4.78 is 5.32. The number of hydrogen-bond acceptors (Lipinski definition) is 2. The van der Waals surface area contributed by atoms with Gasteiger partial charge in [-0.05, 0) is 25.8 Å². The minimum absolute atomic E-state index is 0. The average Bonchev–Trinajstić information content (AvgIpc) is 2.45. The lowest BCUT2D eigenvalue weighted by Gasteiger charge is -2.19. The van der Waals surface area contributed by atoms with Crippen LogP contribution in [0.25, 0.3) is 0 Å². The van der Waals surface area contributed by atoms with Crippen molar-refractivity contribution >= 4 is 12.4 Å². The van der Waals surface area contributed by atoms with Gasteiger partial charge >= 0.3 is 0 Å². The fourth-order valence-corrected chi connectivity index (χ4v) is 1.81. The molecule has 0 unspecified atom stereocenters. The van der Waals surface area contributed by atoms with Crippen LogP contribution in [0.1, 0.15) is 19.3 Å². The van der Waals surface area contributed by atoms with Crippen LogP contribution in [0, 0.1) is 0 Å². The zero-order valence-electron chi connectivity index (χ0n) is 6.06. The zero-order valence-corrected chi connectivity index (χ0v) is 6.88. The number of ether oxygens (including phenoxy) is 1. The third kappa shape index (κ3) is 1.29. The molecule has 2 saturated heterocycles. The molecule has 10 heavy (non-hydrogen) atoms. The first-order chi connectivity index (χ1) is 4.41. The highest BCUT2D eigenvalue weighted by Crippen LogP contribution is 2.27. The lowest BCUT2D eigenvalue weighted by atomic mass is 9.97. The van der Waals surface area contributed by atoms with Gasteiger partial charge in [0.05, 0.1) is 6.61 Å². The van der Waals surface area contributed by atoms with Gasteiger partial charge in [0.25, 0.3) is 0 Å². The maximum Gasteiger partial charge on any atom is 0.0649 e. The van der Waals surface area contributed by atoms with E-state index < -0.39 is 0 Å². The number of hydrogen-bond donors (Lipinski definition) is 1. The van der Waals surface area contributed by atoms with Gasteiger partial charge in [-0.25, -0.2) is 0 Å². The van der Waals surface area contributed by atoms with Crippen molar-refractivity contribution < 1.29 is 4.74 Å². The Morgan fingerprint density at radius 1 is 1.30 bits per heavy atom. The highest BCUT2D eigenvalue weighted by molar-refractivity contribution is 5.85. The van der Waals surface area contributed by atoms with Crippen LogP contribution in [0.2, 0.25) is 0 Å². The standard InChI is InChI=1S/C7H13NO.ClH/c1-2-7(8-4-1)3-5-9-6-7;/h8H,1-6H2;1H/t7-;/m0./s1. The topological polar surface area (TPSA) is 21.3 Å². The lowest BCUT2D eigenvalue weighted by molar-refractivity contribution is 0.173. The molecule has 1 N–H and O–H groups in total. The van der Waals surface area contributed by atoms with Crippen LogP contribution in [-0.2, 0) is 4.74 Å². The van der Waals surface area contributed by atoms with Gasteiger partial charge in [-0.3, -0.25) is 0 Å². The first kappa shape index (κ1) is 8.31. The van der Waals surface area contributed by atoms with Gasteiger partial charge in [0.2, 0.25) is 0 Å². The molecule has 0 bridgehead atoms. The van der Waals surface area contributed by atoms with Crippen LogP contribution in [0.15, 0.2) is 0 Å². The largest absolute Gasteiger partial charge is 0.379 e. The lowest BCUT2D eigenvalue weighted by Crippen LogP contribution is -2.39. The van der Waals surface area contributed by atoms with E-state index in [0.29, 0.717) is 5.54 Å². The zero-order chi connectivity index (χ0) is 6.16. The Balaban J connectivity index is 0.000000500. The van der Waals surface area contributed by atoms with E-state index in [-0.39, 0.29) is 12.4 Å². The summed E-state index contributed by atoms with van der Waals surface area (Å²) in [5.41, 5.74) is 0.417. The van der Waals surface area contributed by atoms with Crippen LogP contribution in [0.5, 0.6) is 0 Å². The predicted molar refractivity (Wildman–Crippen MR) is 42.7 cm³/mol. The fraction of sp³-hybridized carbons (Fsp3) is 1.00. The van der Waals surface area contributed by atoms with Gasteiger partial charge in [0, 0.05) is 12.1 Å². The Morgan fingerprint density at radius 2 is 2.20 bits per heavy atom. The molecule has 60 valence electrons. The molecule has 0 aliphatic carbocycles. The predicted octanol–water partition coefficient (Wildman–Crippen LogP) is 0.951. The SMILES string of the molecule is C1CN[C@@]2(C1)CCOC2.Cl. The molecule has 3 heteroatoms. The Kier molecular flexibility index (Phi) is 2.55. The normalized spacial score (nSPS) is 38.4. The van der Waals surface area contributed by atoms with Crippen molar-refractivity contribution in [3.63, 3.8) is 0 Å². The number of rotatable bonds is 0. The van der Waals surface area contributed by atoms with Crippen molar-refractivity contribution in [3.05, 3.63) is 0 Å². The molecule has 2 nitrogen and oxygen atoms in total. The van der Waals surface area contributed by atoms with Gasteiger partial charge in [-0.1, -0.05) is 0 Å². The van der Waals surface area contributed by atoms with E-state index in [9.17, 15) is 0 Å². The molecule has 0 aromatic rings. The van der Waals surface area contributed by atoms with Crippen LogP contribution < -0.4 is 5.32 Å². The molecular weight excluding hydrogens is 150 g/mol. The van der Waals surface area contributed by atoms with Gasteiger partial charge in [-0.2, -0.15) is 0 Å². The molecule has 2 aliphatic rings. The van der Waals surface area contributed by atoms with Gasteiger partial charge < -0.3 is 10.1 Å². The molecule has 2 rings (SSSR count). The molecule has 1 spiro atoms. The number of halogens is 1. The minimum atomic E-state index is 0. The smallest absolute Gasteiger partial charge is 0.0649 e. The highest BCUT2D eigenvalue weighted by atomic mass is 35.5. The molecule has 2 heterocycles. The first-order valence-corrected chi connectivity index (χ1v) is 3.74. The molecule has 0 aromatic carbocycles. The molecule has 0 aromatic heterocycles. The van der Waals surface area contributed by atoms with E-state index in [1.807, 2.05) is 0 Å². The molecule has 0 saturated carbocycles. The Hall–Kier alpha value is 0.210. The second-order valence-electron chi connectivity index (χ2n) is 3.11. The van der Waals surface area contributed by atoms with Crippen molar-refractivity contribution in [2.24, 2.45) is 0 Å². The summed E-state index contributed by atoms with van der Waals surface area (Å²) in [4.78, 5) is 0. The molecule has 0 radical (unpaired) electrons.